The van der Waals surface area contributed by atoms with Crippen LogP contribution in [0.2, 0.25) is 0 Å². The number of halogens is 1. The van der Waals surface area contributed by atoms with Gasteiger partial charge in [0.1, 0.15) is 0 Å². The summed E-state index contributed by atoms with van der Waals surface area (Å²) in [7, 11) is 0. The molecule has 98 valence electrons. The molecular formula is C13H17FN2O2. The highest BCUT2D eigenvalue weighted by Gasteiger charge is 2.28. The maximum Gasteiger partial charge on any atom is 0.305 e. The molecule has 0 aliphatic heterocycles. The van der Waals surface area contributed by atoms with Crippen LogP contribution in [0.15, 0.2) is 18.2 Å². The van der Waals surface area contributed by atoms with Crippen LogP contribution >= 0.6 is 0 Å². The minimum Gasteiger partial charge on any atom is -0.307 e. The van der Waals surface area contributed by atoms with Gasteiger partial charge in [-0.3, -0.25) is 10.1 Å². The van der Waals surface area contributed by atoms with E-state index in [2.05, 4.69) is 12.2 Å². The van der Waals surface area contributed by atoms with E-state index in [1.165, 1.54) is 25.0 Å². The Morgan fingerprint density at radius 3 is 2.72 bits per heavy atom. The number of nitro groups is 1. The fourth-order valence-corrected chi connectivity index (χ4v) is 2.48. The van der Waals surface area contributed by atoms with E-state index < -0.39 is 16.4 Å². The highest BCUT2D eigenvalue weighted by molar-refractivity contribution is 5.36. The third-order valence-corrected chi connectivity index (χ3v) is 3.67. The Morgan fingerprint density at radius 2 is 2.11 bits per heavy atom. The molecule has 1 saturated carbocycles. The second kappa shape index (κ2) is 5.02. The van der Waals surface area contributed by atoms with Crippen molar-refractivity contribution in [1.82, 2.24) is 5.32 Å². The molecule has 2 rings (SSSR count). The summed E-state index contributed by atoms with van der Waals surface area (Å²) in [6, 6.07) is 4.30. The van der Waals surface area contributed by atoms with Crippen molar-refractivity contribution < 1.29 is 9.31 Å². The normalized spacial score (nSPS) is 17.9. The molecule has 5 heteroatoms. The Labute approximate surface area is 105 Å². The van der Waals surface area contributed by atoms with Crippen molar-refractivity contribution in [2.24, 2.45) is 0 Å². The van der Waals surface area contributed by atoms with E-state index in [-0.39, 0.29) is 5.54 Å². The van der Waals surface area contributed by atoms with E-state index in [1.54, 1.807) is 6.07 Å². The molecule has 0 saturated heterocycles. The Morgan fingerprint density at radius 1 is 1.44 bits per heavy atom. The molecular weight excluding hydrogens is 235 g/mol. The summed E-state index contributed by atoms with van der Waals surface area (Å²) in [5.41, 5.74) is -0.0555. The van der Waals surface area contributed by atoms with Crippen LogP contribution in [0.1, 0.15) is 38.2 Å². The summed E-state index contributed by atoms with van der Waals surface area (Å²) < 4.78 is 13.8. The van der Waals surface area contributed by atoms with Crippen molar-refractivity contribution in [3.05, 3.63) is 39.7 Å². The van der Waals surface area contributed by atoms with Crippen molar-refractivity contribution >= 4 is 5.69 Å². The molecule has 1 aliphatic carbocycles. The maximum absolute atomic E-state index is 13.8. The zero-order valence-corrected chi connectivity index (χ0v) is 10.4. The Kier molecular flexibility index (Phi) is 3.61. The zero-order chi connectivity index (χ0) is 13.2. The molecule has 1 aliphatic rings. The van der Waals surface area contributed by atoms with Crippen LogP contribution in [-0.4, -0.2) is 10.5 Å². The zero-order valence-electron chi connectivity index (χ0n) is 10.4. The van der Waals surface area contributed by atoms with Crippen molar-refractivity contribution in [2.75, 3.05) is 0 Å². The number of nitrogens with one attached hydrogen (secondary N) is 1. The summed E-state index contributed by atoms with van der Waals surface area (Å²) in [6.45, 7) is 2.46. The average molecular weight is 252 g/mol. The van der Waals surface area contributed by atoms with Crippen LogP contribution in [0.4, 0.5) is 10.1 Å². The predicted octanol–water partition coefficient (Wildman–Crippen LogP) is 3.16. The quantitative estimate of drug-likeness (QED) is 0.661. The van der Waals surface area contributed by atoms with E-state index in [0.717, 1.165) is 12.8 Å². The maximum atomic E-state index is 13.8. The first kappa shape index (κ1) is 13.0. The van der Waals surface area contributed by atoms with E-state index >= 15 is 0 Å². The first-order valence-electron chi connectivity index (χ1n) is 6.19. The van der Waals surface area contributed by atoms with Gasteiger partial charge >= 0.3 is 5.69 Å². The minimum atomic E-state index is -0.725. The molecule has 0 spiro atoms. The molecule has 0 radical (unpaired) electrons. The van der Waals surface area contributed by atoms with Crippen molar-refractivity contribution in [3.8, 4) is 0 Å². The molecule has 0 amide bonds. The van der Waals surface area contributed by atoms with Gasteiger partial charge in [-0.05, 0) is 19.8 Å². The number of nitrogens with zero attached hydrogens (tertiary/aromatic N) is 1. The lowest BCUT2D eigenvalue weighted by Crippen LogP contribution is -2.39. The fourth-order valence-electron chi connectivity index (χ4n) is 2.48. The van der Waals surface area contributed by atoms with Crippen molar-refractivity contribution in [3.63, 3.8) is 0 Å². The molecule has 1 aromatic carbocycles. The van der Waals surface area contributed by atoms with Gasteiger partial charge in [-0.1, -0.05) is 25.0 Å². The van der Waals surface area contributed by atoms with Crippen LogP contribution in [0.3, 0.4) is 0 Å². The molecule has 0 aromatic heterocycles. The first-order valence-corrected chi connectivity index (χ1v) is 6.19. The van der Waals surface area contributed by atoms with Gasteiger partial charge in [0.25, 0.3) is 0 Å². The van der Waals surface area contributed by atoms with Gasteiger partial charge < -0.3 is 5.32 Å². The Bertz CT molecular complexity index is 456. The highest BCUT2D eigenvalue weighted by Crippen LogP contribution is 2.29. The molecule has 0 atom stereocenters. The number of hydrogen-bond donors (Lipinski definition) is 1. The van der Waals surface area contributed by atoms with E-state index in [9.17, 15) is 14.5 Å². The van der Waals surface area contributed by atoms with Crippen LogP contribution in [0.25, 0.3) is 0 Å². The third kappa shape index (κ3) is 2.67. The largest absolute Gasteiger partial charge is 0.307 e. The number of rotatable bonds is 4. The van der Waals surface area contributed by atoms with Gasteiger partial charge in [-0.2, -0.15) is 4.39 Å². The monoisotopic (exact) mass is 252 g/mol. The van der Waals surface area contributed by atoms with Crippen LogP contribution in [0, 0.1) is 15.9 Å². The lowest BCUT2D eigenvalue weighted by Gasteiger charge is -2.25. The van der Waals surface area contributed by atoms with Crippen LogP contribution in [-0.2, 0) is 6.54 Å². The van der Waals surface area contributed by atoms with E-state index in [4.69, 9.17) is 0 Å². The molecule has 1 N–H and O–H groups in total. The van der Waals surface area contributed by atoms with Gasteiger partial charge in [0.15, 0.2) is 0 Å². The van der Waals surface area contributed by atoms with Gasteiger partial charge in [0.2, 0.25) is 5.82 Å². The van der Waals surface area contributed by atoms with Crippen LogP contribution in [0.5, 0.6) is 0 Å². The Hall–Kier alpha value is -1.49. The summed E-state index contributed by atoms with van der Waals surface area (Å²) >= 11 is 0. The molecule has 1 aromatic rings. The fraction of sp³-hybridized carbons (Fsp3) is 0.538. The summed E-state index contributed by atoms with van der Waals surface area (Å²) in [6.07, 6.45) is 4.51. The smallest absolute Gasteiger partial charge is 0.305 e. The van der Waals surface area contributed by atoms with Gasteiger partial charge in [-0.15, -0.1) is 0 Å². The molecule has 0 unspecified atom stereocenters. The molecule has 0 heterocycles. The molecule has 18 heavy (non-hydrogen) atoms. The topological polar surface area (TPSA) is 55.2 Å². The van der Waals surface area contributed by atoms with Crippen LogP contribution < -0.4 is 5.32 Å². The van der Waals surface area contributed by atoms with Gasteiger partial charge in [0, 0.05) is 23.7 Å². The SMILES string of the molecule is CC1(NCc2cccc([N+](=O)[O-])c2F)CCCC1. The summed E-state index contributed by atoms with van der Waals surface area (Å²) in [5.74, 6) is -0.725. The minimum absolute atomic E-state index is 0.0388. The molecule has 4 nitrogen and oxygen atoms in total. The molecule has 1 fully saturated rings. The highest BCUT2D eigenvalue weighted by atomic mass is 19.1. The lowest BCUT2D eigenvalue weighted by molar-refractivity contribution is -0.387. The van der Waals surface area contributed by atoms with Crippen molar-refractivity contribution in [1.29, 1.82) is 0 Å². The summed E-state index contributed by atoms with van der Waals surface area (Å²) in [4.78, 5) is 9.96. The number of benzene rings is 1. The first-order chi connectivity index (χ1) is 8.52. The predicted molar refractivity (Wildman–Crippen MR) is 66.8 cm³/mol. The lowest BCUT2D eigenvalue weighted by atomic mass is 10.00. The second-order valence-electron chi connectivity index (χ2n) is 5.13. The van der Waals surface area contributed by atoms with E-state index in [1.807, 2.05) is 0 Å². The van der Waals surface area contributed by atoms with Gasteiger partial charge in [-0.25, -0.2) is 0 Å². The second-order valence-corrected chi connectivity index (χ2v) is 5.13. The molecule has 0 bridgehead atoms. The number of nitro benzene ring substituents is 1. The van der Waals surface area contributed by atoms with Gasteiger partial charge in [0.05, 0.1) is 4.92 Å². The Balaban J connectivity index is 2.10. The van der Waals surface area contributed by atoms with E-state index in [0.29, 0.717) is 12.1 Å². The standard InChI is InChI=1S/C13H17FN2O2/c1-13(7-2-3-8-13)15-9-10-5-4-6-11(12(10)14)16(17)18/h4-6,15H,2-3,7-9H2,1H3. The van der Waals surface area contributed by atoms with Crippen molar-refractivity contribution in [2.45, 2.75) is 44.7 Å². The number of hydrogen-bond acceptors (Lipinski definition) is 3. The summed E-state index contributed by atoms with van der Waals surface area (Å²) in [5, 5.41) is 14.0. The third-order valence-electron chi connectivity index (χ3n) is 3.67. The average Bonchev–Trinajstić information content (AvgIpc) is 2.75.